The van der Waals surface area contributed by atoms with Gasteiger partial charge >= 0.3 is 0 Å². The minimum atomic E-state index is 0.174. The van der Waals surface area contributed by atoms with Crippen molar-refractivity contribution in [1.82, 2.24) is 0 Å². The van der Waals surface area contributed by atoms with E-state index in [1.54, 1.807) is 0 Å². The highest BCUT2D eigenvalue weighted by Gasteiger charge is 2.18. The Morgan fingerprint density at radius 2 is 1.85 bits per heavy atom. The van der Waals surface area contributed by atoms with Crippen LogP contribution in [0.5, 0.6) is 0 Å². The molecular weight excluding hydrogens is 248 g/mol. The Morgan fingerprint density at radius 3 is 2.50 bits per heavy atom. The van der Waals surface area contributed by atoms with Crippen LogP contribution in [0.15, 0.2) is 29.3 Å². The van der Waals surface area contributed by atoms with E-state index >= 15 is 0 Å². The molecule has 1 aromatic rings. The fourth-order valence-electron chi connectivity index (χ4n) is 3.31. The minimum absolute atomic E-state index is 0.174. The summed E-state index contributed by atoms with van der Waals surface area (Å²) < 4.78 is 5.43. The Morgan fingerprint density at radius 1 is 1.10 bits per heavy atom. The highest BCUT2D eigenvalue weighted by atomic mass is 16.5. The molecule has 1 heterocycles. The molecule has 1 fully saturated rings. The number of hydrogen-bond acceptors (Lipinski definition) is 3. The number of amidine groups is 1. The van der Waals surface area contributed by atoms with Crippen LogP contribution >= 0.6 is 0 Å². The molecule has 3 nitrogen and oxygen atoms in total. The van der Waals surface area contributed by atoms with E-state index in [4.69, 9.17) is 10.5 Å². The molecule has 0 amide bonds. The van der Waals surface area contributed by atoms with Gasteiger partial charge in [0.15, 0.2) is 0 Å². The summed E-state index contributed by atoms with van der Waals surface area (Å²) in [6.45, 7) is 0.714. The van der Waals surface area contributed by atoms with E-state index in [1.807, 2.05) is 0 Å². The smallest absolute Gasteiger partial charge is 0.282 e. The molecule has 20 heavy (non-hydrogen) atoms. The maximum Gasteiger partial charge on any atom is 0.282 e. The van der Waals surface area contributed by atoms with Gasteiger partial charge in [0.2, 0.25) is 0 Å². The van der Waals surface area contributed by atoms with Gasteiger partial charge in [-0.3, -0.25) is 0 Å². The summed E-state index contributed by atoms with van der Waals surface area (Å²) in [5.41, 5.74) is 8.44. The average molecular weight is 272 g/mol. The zero-order valence-electron chi connectivity index (χ0n) is 12.1. The van der Waals surface area contributed by atoms with Crippen LogP contribution in [-0.2, 0) is 11.2 Å². The van der Waals surface area contributed by atoms with E-state index < -0.39 is 0 Å². The summed E-state index contributed by atoms with van der Waals surface area (Å²) in [6, 6.07) is 9.56. The Kier molecular flexibility index (Phi) is 4.24. The second-order valence-corrected chi connectivity index (χ2v) is 6.03. The molecule has 1 saturated carbocycles. The molecule has 2 N–H and O–H groups in total. The van der Waals surface area contributed by atoms with Crippen LogP contribution in [0.3, 0.4) is 0 Å². The molecule has 3 heteroatoms. The zero-order valence-corrected chi connectivity index (χ0v) is 12.1. The lowest BCUT2D eigenvalue weighted by molar-refractivity contribution is 0.210. The van der Waals surface area contributed by atoms with Crippen molar-refractivity contribution in [3.63, 3.8) is 0 Å². The van der Waals surface area contributed by atoms with Gasteiger partial charge in [0.1, 0.15) is 6.10 Å². The number of hydrogen-bond donors (Lipinski definition) is 1. The van der Waals surface area contributed by atoms with Gasteiger partial charge in [-0.2, -0.15) is 0 Å². The van der Waals surface area contributed by atoms with Crippen LogP contribution in [0.2, 0.25) is 0 Å². The zero-order chi connectivity index (χ0) is 13.8. The molecule has 0 radical (unpaired) electrons. The van der Waals surface area contributed by atoms with E-state index in [1.165, 1.54) is 43.2 Å². The van der Waals surface area contributed by atoms with E-state index in [0.29, 0.717) is 12.6 Å². The SMILES string of the molecule is NC1=NCC(CCc2ccc(C3CCCCC3)cc2)O1. The highest BCUT2D eigenvalue weighted by molar-refractivity contribution is 5.72. The lowest BCUT2D eigenvalue weighted by Crippen LogP contribution is -2.18. The van der Waals surface area contributed by atoms with Crippen LogP contribution in [0.1, 0.15) is 55.6 Å². The maximum absolute atomic E-state index is 5.52. The predicted molar refractivity (Wildman–Crippen MR) is 82.0 cm³/mol. The number of aryl methyl sites for hydroxylation is 1. The van der Waals surface area contributed by atoms with Crippen molar-refractivity contribution in [2.75, 3.05) is 6.54 Å². The summed E-state index contributed by atoms with van der Waals surface area (Å²) in [7, 11) is 0. The van der Waals surface area contributed by atoms with Crippen molar-refractivity contribution in [2.45, 2.75) is 57.0 Å². The molecule has 2 aliphatic rings. The van der Waals surface area contributed by atoms with Crippen LogP contribution in [0.4, 0.5) is 0 Å². The third kappa shape index (κ3) is 3.33. The number of ether oxygens (including phenoxy) is 1. The van der Waals surface area contributed by atoms with Crippen molar-refractivity contribution >= 4 is 6.02 Å². The topological polar surface area (TPSA) is 47.6 Å². The molecule has 0 bridgehead atoms. The molecule has 1 aromatic carbocycles. The first-order valence-corrected chi connectivity index (χ1v) is 7.86. The summed E-state index contributed by atoms with van der Waals surface area (Å²) in [5.74, 6) is 0.796. The second kappa shape index (κ2) is 6.29. The Bertz CT molecular complexity index is 460. The molecular formula is C17H24N2O. The third-order valence-electron chi connectivity index (χ3n) is 4.55. The minimum Gasteiger partial charge on any atom is -0.460 e. The maximum atomic E-state index is 5.52. The number of nitrogens with two attached hydrogens (primary N) is 1. The first-order chi connectivity index (χ1) is 9.81. The molecule has 1 unspecified atom stereocenters. The third-order valence-corrected chi connectivity index (χ3v) is 4.55. The fourth-order valence-corrected chi connectivity index (χ4v) is 3.31. The summed E-state index contributed by atoms with van der Waals surface area (Å²) in [6.07, 6.45) is 9.15. The molecule has 0 saturated heterocycles. The molecule has 108 valence electrons. The molecule has 0 spiro atoms. The number of rotatable bonds is 4. The Hall–Kier alpha value is -1.51. The van der Waals surface area contributed by atoms with Crippen molar-refractivity contribution in [1.29, 1.82) is 0 Å². The monoisotopic (exact) mass is 272 g/mol. The van der Waals surface area contributed by atoms with Crippen molar-refractivity contribution in [3.8, 4) is 0 Å². The summed E-state index contributed by atoms with van der Waals surface area (Å²) in [5, 5.41) is 0. The van der Waals surface area contributed by atoms with Crippen LogP contribution in [0, 0.1) is 0 Å². The van der Waals surface area contributed by atoms with Gasteiger partial charge in [0.25, 0.3) is 6.02 Å². The van der Waals surface area contributed by atoms with Gasteiger partial charge < -0.3 is 10.5 Å². The van der Waals surface area contributed by atoms with Crippen molar-refractivity contribution in [2.24, 2.45) is 10.7 Å². The van der Waals surface area contributed by atoms with Gasteiger partial charge in [0.05, 0.1) is 6.54 Å². The Balaban J connectivity index is 1.51. The molecule has 1 aliphatic carbocycles. The number of benzene rings is 1. The van der Waals surface area contributed by atoms with Gasteiger partial charge in [-0.1, -0.05) is 43.5 Å². The first kappa shape index (κ1) is 13.5. The van der Waals surface area contributed by atoms with Crippen LogP contribution in [0.25, 0.3) is 0 Å². The van der Waals surface area contributed by atoms with E-state index in [9.17, 15) is 0 Å². The highest BCUT2D eigenvalue weighted by Crippen LogP contribution is 2.32. The van der Waals surface area contributed by atoms with E-state index in [-0.39, 0.29) is 6.10 Å². The van der Waals surface area contributed by atoms with Gasteiger partial charge in [-0.25, -0.2) is 4.99 Å². The molecule has 3 rings (SSSR count). The van der Waals surface area contributed by atoms with Crippen molar-refractivity contribution in [3.05, 3.63) is 35.4 Å². The quantitative estimate of drug-likeness (QED) is 0.913. The average Bonchev–Trinajstić information content (AvgIpc) is 2.92. The van der Waals surface area contributed by atoms with Crippen LogP contribution in [-0.4, -0.2) is 18.7 Å². The Labute approximate surface area is 121 Å². The normalized spacial score (nSPS) is 23.4. The number of nitrogens with zero attached hydrogens (tertiary/aromatic N) is 1. The van der Waals surface area contributed by atoms with Gasteiger partial charge in [-0.15, -0.1) is 0 Å². The lowest BCUT2D eigenvalue weighted by Gasteiger charge is -2.22. The molecule has 1 aliphatic heterocycles. The second-order valence-electron chi connectivity index (χ2n) is 6.03. The van der Waals surface area contributed by atoms with Gasteiger partial charge in [0, 0.05) is 0 Å². The fraction of sp³-hybridized carbons (Fsp3) is 0.588. The summed E-state index contributed by atoms with van der Waals surface area (Å²) in [4.78, 5) is 4.08. The molecule has 1 atom stereocenters. The first-order valence-electron chi connectivity index (χ1n) is 7.86. The number of aliphatic imine (C=N–C) groups is 1. The van der Waals surface area contributed by atoms with E-state index in [0.717, 1.165) is 18.8 Å². The lowest BCUT2D eigenvalue weighted by atomic mass is 9.84. The van der Waals surface area contributed by atoms with Gasteiger partial charge in [-0.05, 0) is 42.7 Å². The molecule has 0 aromatic heterocycles. The standard InChI is InChI=1S/C17H24N2O/c18-17-19-12-16(20-17)11-8-13-6-9-15(10-7-13)14-4-2-1-3-5-14/h6-7,9-10,14,16H,1-5,8,11-12H2,(H2,18,19). The largest absolute Gasteiger partial charge is 0.460 e. The predicted octanol–water partition coefficient (Wildman–Crippen LogP) is 3.38. The summed E-state index contributed by atoms with van der Waals surface area (Å²) >= 11 is 0. The van der Waals surface area contributed by atoms with Crippen LogP contribution < -0.4 is 5.73 Å². The van der Waals surface area contributed by atoms with Crippen molar-refractivity contribution < 1.29 is 4.74 Å². The van der Waals surface area contributed by atoms with E-state index in [2.05, 4.69) is 29.3 Å².